The predicted molar refractivity (Wildman–Crippen MR) is 78.6 cm³/mol. The molecule has 1 saturated heterocycles. The van der Waals surface area contributed by atoms with Crippen molar-refractivity contribution in [2.24, 2.45) is 35.5 Å². The summed E-state index contributed by atoms with van der Waals surface area (Å²) >= 11 is 2.37. The summed E-state index contributed by atoms with van der Waals surface area (Å²) in [6.07, 6.45) is 5.72. The van der Waals surface area contributed by atoms with Gasteiger partial charge >= 0.3 is 145 Å². The maximum atomic E-state index is 12.4. The first-order valence-electron chi connectivity index (χ1n) is 7.84. The molecule has 5 fully saturated rings. The Morgan fingerprint density at radius 3 is 2.45 bits per heavy atom. The van der Waals surface area contributed by atoms with Crippen LogP contribution in [0.3, 0.4) is 0 Å². The van der Waals surface area contributed by atoms with Crippen LogP contribution in [-0.4, -0.2) is 19.5 Å². The molecule has 1 aliphatic heterocycles. The van der Waals surface area contributed by atoms with Crippen LogP contribution in [0.4, 0.5) is 0 Å². The Morgan fingerprint density at radius 1 is 1.30 bits per heavy atom. The summed E-state index contributed by atoms with van der Waals surface area (Å²) in [5.74, 6) is 5.15. The molecule has 5 heteroatoms. The summed E-state index contributed by atoms with van der Waals surface area (Å²) in [5.41, 5.74) is -0.107. The van der Waals surface area contributed by atoms with Gasteiger partial charge in [0.05, 0.1) is 0 Å². The third-order valence-electron chi connectivity index (χ3n) is 6.99. The van der Waals surface area contributed by atoms with E-state index in [2.05, 4.69) is 33.0 Å². The number of hydrogen-bond acceptors (Lipinski definition) is 3. The van der Waals surface area contributed by atoms with Crippen LogP contribution >= 0.6 is 22.6 Å². The first-order chi connectivity index (χ1) is 9.59. The van der Waals surface area contributed by atoms with Crippen LogP contribution in [0.25, 0.3) is 0 Å². The summed E-state index contributed by atoms with van der Waals surface area (Å²) in [4.78, 5) is 12.4. The molecule has 0 radical (unpaired) electrons. The van der Waals surface area contributed by atoms with E-state index in [0.29, 0.717) is 15.9 Å². The molecule has 0 amide bonds. The molecular weight excluding hydrogens is 480 g/mol. The van der Waals surface area contributed by atoms with Crippen LogP contribution in [0.2, 0.25) is 0 Å². The molecule has 0 aromatic rings. The van der Waals surface area contributed by atoms with E-state index in [-0.39, 0.29) is 37.0 Å². The summed E-state index contributed by atoms with van der Waals surface area (Å²) in [7, 11) is 0. The van der Waals surface area contributed by atoms with E-state index in [4.69, 9.17) is 4.74 Å². The van der Waals surface area contributed by atoms with Gasteiger partial charge in [-0.25, -0.2) is 0 Å². The molecule has 0 aromatic carbocycles. The molecule has 5 rings (SSSR count). The quantitative estimate of drug-likeness (QED) is 0.107. The number of esters is 1. The number of fused-ring (bicyclic) bond motifs is 9. The molecule has 20 heavy (non-hydrogen) atoms. The molecule has 4 aliphatic carbocycles. The van der Waals surface area contributed by atoms with Crippen molar-refractivity contribution in [3.8, 4) is 0 Å². The number of carbonyl (C=O) groups excluding carboxylic acids is 1. The number of alkyl halides is 2. The normalized spacial score (nSPS) is 59.4. The number of ether oxygens (including phenoxy) is 1. The van der Waals surface area contributed by atoms with Crippen molar-refractivity contribution in [2.45, 2.75) is 46.2 Å². The second-order valence-corrected chi connectivity index (χ2v) is 11.5. The molecule has 112 valence electrons. The molecule has 0 aromatic heterocycles. The Labute approximate surface area is 144 Å². The first-order valence-corrected chi connectivity index (χ1v) is 11.4. The Morgan fingerprint density at radius 2 is 1.90 bits per heavy atom. The van der Waals surface area contributed by atoms with Crippen molar-refractivity contribution >= 4 is 28.6 Å². The fourth-order valence-electron chi connectivity index (χ4n) is 6.20. The topological polar surface area (TPSA) is 48.2 Å². The molecule has 0 spiro atoms. The number of nitrogens with one attached hydrogen (secondary N) is 1. The molecule has 4 saturated carbocycles. The van der Waals surface area contributed by atoms with Crippen molar-refractivity contribution in [3.63, 3.8) is 0 Å². The third-order valence-corrected chi connectivity index (χ3v) is 11.7. The number of halogens is 2. The van der Waals surface area contributed by atoms with Crippen molar-refractivity contribution in [3.05, 3.63) is 0 Å². The van der Waals surface area contributed by atoms with Gasteiger partial charge in [0.2, 0.25) is 0 Å². The fourth-order valence-corrected chi connectivity index (χ4v) is 9.28. The maximum absolute atomic E-state index is 12.4. The van der Waals surface area contributed by atoms with E-state index >= 15 is 0 Å². The zero-order valence-electron chi connectivity index (χ0n) is 11.5. The minimum absolute atomic E-state index is 0.0498. The van der Waals surface area contributed by atoms with Crippen LogP contribution in [0, 0.1) is 35.5 Å². The van der Waals surface area contributed by atoms with Gasteiger partial charge in [-0.1, -0.05) is 0 Å². The van der Waals surface area contributed by atoms with Gasteiger partial charge in [-0.2, -0.15) is 0 Å². The van der Waals surface area contributed by atoms with Gasteiger partial charge in [0.25, 0.3) is 0 Å². The Bertz CT molecular complexity index is 458. The average molecular weight is 500 g/mol. The Balaban J connectivity index is 1.36. The van der Waals surface area contributed by atoms with Crippen LogP contribution in [-0.2, 0) is 9.53 Å². The summed E-state index contributed by atoms with van der Waals surface area (Å²) < 4.78 is 9.98. The van der Waals surface area contributed by atoms with Gasteiger partial charge in [0, 0.05) is 0 Å². The molecule has 5 aliphatic rings. The van der Waals surface area contributed by atoms with Crippen molar-refractivity contribution in [2.75, 3.05) is 0 Å². The van der Waals surface area contributed by atoms with E-state index in [1.54, 1.807) is 0 Å². The predicted octanol–water partition coefficient (Wildman–Crippen LogP) is -0.663. The van der Waals surface area contributed by atoms with E-state index in [1.807, 2.05) is 0 Å². The molecule has 3 nitrogen and oxygen atoms in total. The average Bonchev–Trinajstić information content (AvgIpc) is 2.84. The molecule has 4 bridgehead atoms. The molecular formula is C15H20I2NO2-. The van der Waals surface area contributed by atoms with Gasteiger partial charge in [0.15, 0.2) is 0 Å². The zero-order valence-corrected chi connectivity index (χ0v) is 15.8. The Kier molecular flexibility index (Phi) is 2.83. The van der Waals surface area contributed by atoms with E-state index in [1.165, 1.54) is 25.7 Å². The van der Waals surface area contributed by atoms with Gasteiger partial charge in [0.1, 0.15) is 0 Å². The van der Waals surface area contributed by atoms with Gasteiger partial charge in [-0.05, 0) is 0 Å². The summed E-state index contributed by atoms with van der Waals surface area (Å²) in [6, 6.07) is 0. The molecule has 8 unspecified atom stereocenters. The van der Waals surface area contributed by atoms with E-state index in [9.17, 15) is 4.79 Å². The van der Waals surface area contributed by atoms with Crippen molar-refractivity contribution in [1.29, 1.82) is 0 Å². The zero-order chi connectivity index (χ0) is 13.6. The second-order valence-electron chi connectivity index (χ2n) is 7.56. The summed E-state index contributed by atoms with van der Waals surface area (Å²) in [6.45, 7) is 2.25. The Hall–Kier alpha value is 0.890. The third kappa shape index (κ3) is 1.58. The van der Waals surface area contributed by atoms with Crippen LogP contribution in [0.5, 0.6) is 0 Å². The van der Waals surface area contributed by atoms with E-state index in [0.717, 1.165) is 23.7 Å². The van der Waals surface area contributed by atoms with Gasteiger partial charge < -0.3 is 0 Å². The molecule has 1 heterocycles. The number of hydrogen-bond donors (Lipinski definition) is 1. The van der Waals surface area contributed by atoms with Crippen molar-refractivity contribution < 1.29 is 31.0 Å². The monoisotopic (exact) mass is 500 g/mol. The number of rotatable bonds is 3. The van der Waals surface area contributed by atoms with Crippen LogP contribution in [0.15, 0.2) is 0 Å². The SMILES string of the molecule is CC1(OC(=O)C(I)C2N[I-]2)C2CC1C1C3CCC(C3)C12. The standard InChI is InChI=1S/C15H20I2NO2/c1-15(20-14(19)12(16)13-17-18-13)8-5-9(15)11-7-3-2-6(4-7)10(8)11/h6-13,18H,2-5H2,1H3/q-1. The molecule has 8 atom stereocenters. The van der Waals surface area contributed by atoms with Crippen molar-refractivity contribution in [1.82, 2.24) is 3.53 Å². The summed E-state index contributed by atoms with van der Waals surface area (Å²) in [5, 5.41) is 0. The fraction of sp³-hybridized carbons (Fsp3) is 0.933. The van der Waals surface area contributed by atoms with Crippen LogP contribution in [0.1, 0.15) is 32.6 Å². The van der Waals surface area contributed by atoms with Crippen LogP contribution < -0.4 is 25.0 Å². The van der Waals surface area contributed by atoms with Gasteiger partial charge in [-0.15, -0.1) is 0 Å². The second kappa shape index (κ2) is 4.24. The minimum atomic E-state index is -0.107. The van der Waals surface area contributed by atoms with Gasteiger partial charge in [-0.3, -0.25) is 0 Å². The van der Waals surface area contributed by atoms with E-state index < -0.39 is 0 Å². The number of carbonyl (C=O) groups is 1. The first kappa shape index (κ1) is 13.3. The molecule has 1 N–H and O–H groups in total.